The van der Waals surface area contributed by atoms with E-state index in [9.17, 15) is 9.59 Å². The molecule has 0 aromatic rings. The van der Waals surface area contributed by atoms with Crippen molar-refractivity contribution in [3.8, 4) is 0 Å². The van der Waals surface area contributed by atoms with Gasteiger partial charge in [0.05, 0.1) is 0 Å². The number of carbonyl (C=O) groups excluding carboxylic acids is 2. The Hall–Kier alpha value is -1.06. The Morgan fingerprint density at radius 3 is 2.43 bits per heavy atom. The maximum atomic E-state index is 13.3. The number of nitrogens with one attached hydrogen (secondary N) is 1. The van der Waals surface area contributed by atoms with Crippen molar-refractivity contribution in [2.24, 2.45) is 5.92 Å². The van der Waals surface area contributed by atoms with Crippen LogP contribution in [-0.4, -0.2) is 33.8 Å². The molecule has 2 amide bonds. The Morgan fingerprint density at radius 2 is 1.90 bits per heavy atom. The van der Waals surface area contributed by atoms with Gasteiger partial charge in [-0.1, -0.05) is 26.2 Å². The van der Waals surface area contributed by atoms with E-state index in [1.165, 1.54) is 0 Å². The molecule has 2 aliphatic carbocycles. The van der Waals surface area contributed by atoms with Crippen LogP contribution in [0.5, 0.6) is 0 Å². The summed E-state index contributed by atoms with van der Waals surface area (Å²) in [7, 11) is 0. The van der Waals surface area contributed by atoms with Gasteiger partial charge in [0.1, 0.15) is 11.1 Å². The van der Waals surface area contributed by atoms with Crippen LogP contribution in [0.3, 0.4) is 0 Å². The number of amides is 2. The van der Waals surface area contributed by atoms with Gasteiger partial charge in [-0.2, -0.15) is 0 Å². The summed E-state index contributed by atoms with van der Waals surface area (Å²) in [6, 6.07) is 0.157. The highest BCUT2D eigenvalue weighted by Crippen LogP contribution is 2.48. The summed E-state index contributed by atoms with van der Waals surface area (Å²) in [5, 5.41) is 3.13. The minimum Gasteiger partial charge on any atom is -0.340 e. The molecule has 0 aromatic carbocycles. The molecule has 1 saturated heterocycles. The van der Waals surface area contributed by atoms with Gasteiger partial charge in [0, 0.05) is 6.04 Å². The third kappa shape index (κ3) is 2.09. The first-order valence-electron chi connectivity index (χ1n) is 8.62. The van der Waals surface area contributed by atoms with Crippen molar-refractivity contribution in [2.45, 2.75) is 89.3 Å². The van der Waals surface area contributed by atoms with Crippen molar-refractivity contribution in [1.82, 2.24) is 10.2 Å². The van der Waals surface area contributed by atoms with E-state index in [2.05, 4.69) is 19.2 Å². The molecular formula is C17H28N2O2. The van der Waals surface area contributed by atoms with E-state index < -0.39 is 11.1 Å². The molecule has 21 heavy (non-hydrogen) atoms. The number of rotatable bonds is 4. The molecule has 3 rings (SSSR count). The third-order valence-corrected chi connectivity index (χ3v) is 5.89. The fourth-order valence-electron chi connectivity index (χ4n) is 4.49. The van der Waals surface area contributed by atoms with Gasteiger partial charge in [0.25, 0.3) is 0 Å². The Balaban J connectivity index is 1.98. The SMILES string of the molecule is CCCC(C)N1C(=O)C(C)(C2CC2)NC(=O)C12CCCC2. The molecule has 1 heterocycles. The smallest absolute Gasteiger partial charge is 0.249 e. The zero-order valence-electron chi connectivity index (χ0n) is 13.6. The Morgan fingerprint density at radius 1 is 1.29 bits per heavy atom. The van der Waals surface area contributed by atoms with E-state index in [0.717, 1.165) is 51.4 Å². The summed E-state index contributed by atoms with van der Waals surface area (Å²) >= 11 is 0. The van der Waals surface area contributed by atoms with Crippen molar-refractivity contribution in [3.05, 3.63) is 0 Å². The summed E-state index contributed by atoms with van der Waals surface area (Å²) in [4.78, 5) is 28.2. The van der Waals surface area contributed by atoms with Crippen LogP contribution in [-0.2, 0) is 9.59 Å². The van der Waals surface area contributed by atoms with Gasteiger partial charge in [-0.05, 0) is 51.9 Å². The molecule has 1 spiro atoms. The lowest BCUT2D eigenvalue weighted by molar-refractivity contribution is -0.167. The van der Waals surface area contributed by atoms with Crippen molar-refractivity contribution >= 4 is 11.8 Å². The van der Waals surface area contributed by atoms with Crippen LogP contribution in [0.1, 0.15) is 72.1 Å². The lowest BCUT2D eigenvalue weighted by Gasteiger charge is -2.53. The fraction of sp³-hybridized carbons (Fsp3) is 0.882. The molecule has 2 unspecified atom stereocenters. The standard InChI is InChI=1S/C17H28N2O2/c1-4-7-12(2)19-15(21)16(3,13-8-9-13)18-14(20)17(19)10-5-6-11-17/h12-13H,4-11H2,1-3H3,(H,18,20). The highest BCUT2D eigenvalue weighted by Gasteiger charge is 2.62. The lowest BCUT2D eigenvalue weighted by atomic mass is 9.80. The van der Waals surface area contributed by atoms with Crippen molar-refractivity contribution in [1.29, 1.82) is 0 Å². The zero-order chi connectivity index (χ0) is 15.3. The Labute approximate surface area is 127 Å². The van der Waals surface area contributed by atoms with Crippen LogP contribution < -0.4 is 5.32 Å². The van der Waals surface area contributed by atoms with Crippen LogP contribution in [0, 0.1) is 5.92 Å². The maximum absolute atomic E-state index is 13.3. The van der Waals surface area contributed by atoms with E-state index >= 15 is 0 Å². The predicted molar refractivity (Wildman–Crippen MR) is 81.7 cm³/mol. The fourth-order valence-corrected chi connectivity index (χ4v) is 4.49. The minimum absolute atomic E-state index is 0.108. The zero-order valence-corrected chi connectivity index (χ0v) is 13.6. The highest BCUT2D eigenvalue weighted by molar-refractivity contribution is 6.02. The van der Waals surface area contributed by atoms with Gasteiger partial charge in [-0.25, -0.2) is 0 Å². The molecule has 0 aromatic heterocycles. The Kier molecular flexibility index (Phi) is 3.53. The number of hydrogen-bond donors (Lipinski definition) is 1. The van der Waals surface area contributed by atoms with E-state index in [1.807, 2.05) is 11.8 Å². The average Bonchev–Trinajstić information content (AvgIpc) is 3.18. The summed E-state index contributed by atoms with van der Waals surface area (Å²) in [5.41, 5.74) is -1.22. The number of hydrogen-bond acceptors (Lipinski definition) is 2. The van der Waals surface area contributed by atoms with Gasteiger partial charge < -0.3 is 10.2 Å². The van der Waals surface area contributed by atoms with E-state index in [0.29, 0.717) is 5.92 Å². The van der Waals surface area contributed by atoms with Gasteiger partial charge in [-0.3, -0.25) is 9.59 Å². The first-order chi connectivity index (χ1) is 9.95. The Bertz CT molecular complexity index is 452. The first-order valence-corrected chi connectivity index (χ1v) is 8.62. The largest absolute Gasteiger partial charge is 0.340 e. The minimum atomic E-state index is -0.660. The molecule has 3 fully saturated rings. The molecule has 0 bridgehead atoms. The molecule has 1 N–H and O–H groups in total. The quantitative estimate of drug-likeness (QED) is 0.866. The van der Waals surface area contributed by atoms with Crippen LogP contribution >= 0.6 is 0 Å². The van der Waals surface area contributed by atoms with Crippen LogP contribution in [0.4, 0.5) is 0 Å². The average molecular weight is 292 g/mol. The van der Waals surface area contributed by atoms with Gasteiger partial charge in [-0.15, -0.1) is 0 Å². The van der Waals surface area contributed by atoms with E-state index in [-0.39, 0.29) is 17.9 Å². The second-order valence-corrected chi connectivity index (χ2v) is 7.48. The number of piperazine rings is 1. The molecular weight excluding hydrogens is 264 g/mol. The highest BCUT2D eigenvalue weighted by atomic mass is 16.2. The second-order valence-electron chi connectivity index (χ2n) is 7.48. The second kappa shape index (κ2) is 4.99. The predicted octanol–water partition coefficient (Wildman–Crippen LogP) is 2.61. The maximum Gasteiger partial charge on any atom is 0.249 e. The third-order valence-electron chi connectivity index (χ3n) is 5.89. The normalized spacial score (nSPS) is 33.4. The number of nitrogens with zero attached hydrogens (tertiary/aromatic N) is 1. The van der Waals surface area contributed by atoms with E-state index in [4.69, 9.17) is 0 Å². The summed E-state index contributed by atoms with van der Waals surface area (Å²) < 4.78 is 0. The topological polar surface area (TPSA) is 49.4 Å². The molecule has 2 saturated carbocycles. The molecule has 4 heteroatoms. The summed E-state index contributed by atoms with van der Waals surface area (Å²) in [5.74, 6) is 0.619. The lowest BCUT2D eigenvalue weighted by Crippen LogP contribution is -2.76. The molecule has 3 aliphatic rings. The number of carbonyl (C=O) groups is 2. The van der Waals surface area contributed by atoms with Gasteiger partial charge in [0.15, 0.2) is 0 Å². The van der Waals surface area contributed by atoms with Crippen molar-refractivity contribution < 1.29 is 9.59 Å². The van der Waals surface area contributed by atoms with Crippen LogP contribution in [0.25, 0.3) is 0 Å². The summed E-state index contributed by atoms with van der Waals surface area (Å²) in [6.45, 7) is 6.21. The van der Waals surface area contributed by atoms with Gasteiger partial charge >= 0.3 is 0 Å². The van der Waals surface area contributed by atoms with Crippen LogP contribution in [0.2, 0.25) is 0 Å². The molecule has 4 nitrogen and oxygen atoms in total. The van der Waals surface area contributed by atoms with E-state index in [1.54, 1.807) is 0 Å². The van der Waals surface area contributed by atoms with Crippen LogP contribution in [0.15, 0.2) is 0 Å². The summed E-state index contributed by atoms with van der Waals surface area (Å²) in [6.07, 6.45) is 7.91. The van der Waals surface area contributed by atoms with Crippen molar-refractivity contribution in [3.63, 3.8) is 0 Å². The molecule has 0 radical (unpaired) electrons. The molecule has 2 atom stereocenters. The van der Waals surface area contributed by atoms with Crippen molar-refractivity contribution in [2.75, 3.05) is 0 Å². The van der Waals surface area contributed by atoms with Gasteiger partial charge in [0.2, 0.25) is 11.8 Å². The monoisotopic (exact) mass is 292 g/mol. The first kappa shape index (κ1) is 14.9. The molecule has 1 aliphatic heterocycles. The molecule has 118 valence electrons.